The molecule has 4 rings (SSSR count). The van der Waals surface area contributed by atoms with Gasteiger partial charge in [0.15, 0.2) is 0 Å². The fourth-order valence-electron chi connectivity index (χ4n) is 3.25. The molecule has 0 aromatic heterocycles. The number of carbonyl (C=O) groups is 3. The Labute approximate surface area is 156 Å². The Morgan fingerprint density at radius 2 is 1.96 bits per heavy atom. The van der Waals surface area contributed by atoms with Gasteiger partial charge < -0.3 is 10.1 Å². The first-order valence-electron chi connectivity index (χ1n) is 8.84. The summed E-state index contributed by atoms with van der Waals surface area (Å²) in [7, 11) is 0. The number of fused-ring (bicyclic) bond motifs is 1. The van der Waals surface area contributed by atoms with E-state index >= 15 is 0 Å². The maximum atomic E-state index is 12.4. The topological polar surface area (TPSA) is 87.7 Å². The highest BCUT2D eigenvalue weighted by Crippen LogP contribution is 2.25. The fraction of sp³-hybridized carbons (Fsp3) is 0.250. The van der Waals surface area contributed by atoms with Gasteiger partial charge in [-0.15, -0.1) is 0 Å². The van der Waals surface area contributed by atoms with Crippen molar-refractivity contribution < 1.29 is 19.1 Å². The second-order valence-electron chi connectivity index (χ2n) is 6.56. The second-order valence-corrected chi connectivity index (χ2v) is 6.56. The van der Waals surface area contributed by atoms with E-state index in [4.69, 9.17) is 4.74 Å². The van der Waals surface area contributed by atoms with Crippen molar-refractivity contribution in [1.82, 2.24) is 10.6 Å². The number of rotatable bonds is 4. The number of imide groups is 1. The Kier molecular flexibility index (Phi) is 4.50. The van der Waals surface area contributed by atoms with Crippen LogP contribution in [0, 0.1) is 0 Å². The average Bonchev–Trinajstić information content (AvgIpc) is 3.04. The van der Waals surface area contributed by atoms with E-state index in [2.05, 4.69) is 16.7 Å². The van der Waals surface area contributed by atoms with Gasteiger partial charge in [0.1, 0.15) is 12.3 Å². The molecule has 1 fully saturated rings. The van der Waals surface area contributed by atoms with Crippen molar-refractivity contribution in [2.45, 2.75) is 19.4 Å². The molecule has 0 saturated carbocycles. The van der Waals surface area contributed by atoms with E-state index in [-0.39, 0.29) is 18.4 Å². The van der Waals surface area contributed by atoms with Crippen molar-refractivity contribution in [3.63, 3.8) is 0 Å². The van der Waals surface area contributed by atoms with Crippen LogP contribution in [0.4, 0.5) is 10.5 Å². The summed E-state index contributed by atoms with van der Waals surface area (Å²) in [4.78, 5) is 36.7. The monoisotopic (exact) mass is 365 g/mol. The van der Waals surface area contributed by atoms with Crippen LogP contribution in [0.3, 0.4) is 0 Å². The van der Waals surface area contributed by atoms with Crippen LogP contribution in [0.25, 0.3) is 0 Å². The standard InChI is InChI=1S/C20H19N3O4/c24-18-12-23(20(26)22-18)16-6-4-14(5-7-16)19(25)21-11-13-3-8-17-15(10-13)2-1-9-27-17/h3-8,10H,1-2,9,11-12H2,(H,21,25)(H,22,24,26). The Balaban J connectivity index is 1.38. The van der Waals surface area contributed by atoms with Gasteiger partial charge in [0.25, 0.3) is 5.91 Å². The first kappa shape index (κ1) is 17.1. The molecule has 0 spiro atoms. The van der Waals surface area contributed by atoms with Gasteiger partial charge in [-0.2, -0.15) is 0 Å². The van der Waals surface area contributed by atoms with Gasteiger partial charge in [-0.3, -0.25) is 19.8 Å². The maximum Gasteiger partial charge on any atom is 0.329 e. The summed E-state index contributed by atoms with van der Waals surface area (Å²) >= 11 is 0. The number of aryl methyl sites for hydroxylation is 1. The number of urea groups is 1. The second kappa shape index (κ2) is 7.11. The maximum absolute atomic E-state index is 12.4. The molecule has 2 aromatic rings. The van der Waals surface area contributed by atoms with Crippen molar-refractivity contribution in [3.05, 3.63) is 59.2 Å². The lowest BCUT2D eigenvalue weighted by atomic mass is 10.0. The molecule has 0 radical (unpaired) electrons. The van der Waals surface area contributed by atoms with Crippen LogP contribution in [-0.2, 0) is 17.8 Å². The Morgan fingerprint density at radius 1 is 1.15 bits per heavy atom. The molecule has 2 aliphatic heterocycles. The molecular formula is C20H19N3O4. The van der Waals surface area contributed by atoms with Crippen LogP contribution in [0.5, 0.6) is 5.75 Å². The highest BCUT2D eigenvalue weighted by molar-refractivity contribution is 6.12. The molecule has 0 unspecified atom stereocenters. The predicted octanol–water partition coefficient (Wildman–Crippen LogP) is 2.00. The number of anilines is 1. The molecule has 0 aliphatic carbocycles. The third-order valence-corrected chi connectivity index (χ3v) is 4.66. The van der Waals surface area contributed by atoms with Crippen molar-refractivity contribution in [2.75, 3.05) is 18.1 Å². The minimum Gasteiger partial charge on any atom is -0.493 e. The van der Waals surface area contributed by atoms with Gasteiger partial charge in [0, 0.05) is 17.8 Å². The third kappa shape index (κ3) is 3.62. The SMILES string of the molecule is O=C1CN(c2ccc(C(=O)NCc3ccc4c(c3)CCCO4)cc2)C(=O)N1. The lowest BCUT2D eigenvalue weighted by Crippen LogP contribution is -2.28. The van der Waals surface area contributed by atoms with Crippen molar-refractivity contribution in [2.24, 2.45) is 0 Å². The zero-order valence-electron chi connectivity index (χ0n) is 14.7. The Morgan fingerprint density at radius 3 is 2.70 bits per heavy atom. The molecule has 0 atom stereocenters. The van der Waals surface area contributed by atoms with Crippen molar-refractivity contribution in [1.29, 1.82) is 0 Å². The molecular weight excluding hydrogens is 346 g/mol. The van der Waals surface area contributed by atoms with Crippen LogP contribution in [-0.4, -0.2) is 31.0 Å². The first-order valence-corrected chi connectivity index (χ1v) is 8.84. The van der Waals surface area contributed by atoms with Gasteiger partial charge in [0.2, 0.25) is 5.91 Å². The number of amides is 4. The van der Waals surface area contributed by atoms with Gasteiger partial charge in [-0.1, -0.05) is 12.1 Å². The Bertz CT molecular complexity index is 908. The Hall–Kier alpha value is -3.35. The van der Waals surface area contributed by atoms with Crippen molar-refractivity contribution >= 4 is 23.5 Å². The number of hydrogen-bond donors (Lipinski definition) is 2. The zero-order valence-corrected chi connectivity index (χ0v) is 14.7. The molecule has 27 heavy (non-hydrogen) atoms. The lowest BCUT2D eigenvalue weighted by Gasteiger charge is -2.18. The minimum atomic E-state index is -0.450. The highest BCUT2D eigenvalue weighted by atomic mass is 16.5. The van der Waals surface area contributed by atoms with E-state index in [0.29, 0.717) is 17.8 Å². The van der Waals surface area contributed by atoms with E-state index < -0.39 is 6.03 Å². The number of nitrogens with one attached hydrogen (secondary N) is 2. The fourth-order valence-corrected chi connectivity index (χ4v) is 3.25. The largest absolute Gasteiger partial charge is 0.493 e. The molecule has 1 saturated heterocycles. The zero-order chi connectivity index (χ0) is 18.8. The normalized spacial score (nSPS) is 15.8. The van der Waals surface area contributed by atoms with Gasteiger partial charge in [-0.05, 0) is 54.3 Å². The third-order valence-electron chi connectivity index (χ3n) is 4.66. The van der Waals surface area contributed by atoms with E-state index in [9.17, 15) is 14.4 Å². The summed E-state index contributed by atoms with van der Waals surface area (Å²) in [5.74, 6) is 0.395. The van der Waals surface area contributed by atoms with Gasteiger partial charge >= 0.3 is 6.03 Å². The minimum absolute atomic E-state index is 0.00752. The summed E-state index contributed by atoms with van der Waals surface area (Å²) < 4.78 is 5.60. The van der Waals surface area contributed by atoms with Crippen molar-refractivity contribution in [3.8, 4) is 5.75 Å². The summed E-state index contributed by atoms with van der Waals surface area (Å²) in [6, 6.07) is 12.1. The number of benzene rings is 2. The summed E-state index contributed by atoms with van der Waals surface area (Å²) in [5, 5.41) is 5.12. The van der Waals surface area contributed by atoms with Crippen LogP contribution >= 0.6 is 0 Å². The summed E-state index contributed by atoms with van der Waals surface area (Å²) in [6.07, 6.45) is 2.00. The quantitative estimate of drug-likeness (QED) is 0.812. The number of hydrogen-bond acceptors (Lipinski definition) is 4. The molecule has 7 heteroatoms. The molecule has 2 N–H and O–H groups in total. The van der Waals surface area contributed by atoms with E-state index in [0.717, 1.165) is 30.8 Å². The average molecular weight is 365 g/mol. The highest BCUT2D eigenvalue weighted by Gasteiger charge is 2.27. The summed E-state index contributed by atoms with van der Waals surface area (Å²) in [5.41, 5.74) is 3.27. The van der Waals surface area contributed by atoms with Gasteiger partial charge in [-0.25, -0.2) is 4.79 Å². The molecule has 4 amide bonds. The summed E-state index contributed by atoms with van der Waals surface area (Å²) in [6.45, 7) is 1.18. The molecule has 7 nitrogen and oxygen atoms in total. The molecule has 2 aliphatic rings. The van der Waals surface area contributed by atoms with Gasteiger partial charge in [0.05, 0.1) is 6.61 Å². The predicted molar refractivity (Wildman–Crippen MR) is 98.8 cm³/mol. The van der Waals surface area contributed by atoms with E-state index in [1.165, 1.54) is 10.5 Å². The smallest absolute Gasteiger partial charge is 0.329 e. The number of ether oxygens (including phenoxy) is 1. The van der Waals surface area contributed by atoms with Crippen LogP contribution < -0.4 is 20.3 Å². The molecule has 0 bridgehead atoms. The number of carbonyl (C=O) groups excluding carboxylic acids is 3. The molecule has 138 valence electrons. The molecule has 2 heterocycles. The number of nitrogens with zero attached hydrogens (tertiary/aromatic N) is 1. The van der Waals surface area contributed by atoms with Crippen LogP contribution in [0.2, 0.25) is 0 Å². The van der Waals surface area contributed by atoms with Crippen LogP contribution in [0.1, 0.15) is 27.9 Å². The van der Waals surface area contributed by atoms with Crippen LogP contribution in [0.15, 0.2) is 42.5 Å². The van der Waals surface area contributed by atoms with E-state index in [1.807, 2.05) is 12.1 Å². The lowest BCUT2D eigenvalue weighted by molar-refractivity contribution is -0.117. The molecule has 2 aromatic carbocycles. The first-order chi connectivity index (χ1) is 13.1. The van der Waals surface area contributed by atoms with E-state index in [1.54, 1.807) is 24.3 Å².